The quantitative estimate of drug-likeness (QED) is 0.705. The topological polar surface area (TPSA) is 108 Å². The summed E-state index contributed by atoms with van der Waals surface area (Å²) in [6.07, 6.45) is 3.85. The maximum absolute atomic E-state index is 6.07. The molecule has 2 aliphatic rings. The molecule has 3 aromatic rings. The summed E-state index contributed by atoms with van der Waals surface area (Å²) in [5.74, 6) is 1.54. The van der Waals surface area contributed by atoms with Crippen LogP contribution in [0.3, 0.4) is 0 Å². The van der Waals surface area contributed by atoms with Crippen LogP contribution in [0.2, 0.25) is 0 Å². The minimum absolute atomic E-state index is 0.191. The number of hydrogen-bond donors (Lipinski definition) is 1. The summed E-state index contributed by atoms with van der Waals surface area (Å²) in [5.41, 5.74) is 7.90. The van der Waals surface area contributed by atoms with Crippen molar-refractivity contribution in [3.05, 3.63) is 29.0 Å². The molecule has 27 heavy (non-hydrogen) atoms. The van der Waals surface area contributed by atoms with Crippen LogP contribution in [0.5, 0.6) is 0 Å². The van der Waals surface area contributed by atoms with Gasteiger partial charge < -0.3 is 10.5 Å². The van der Waals surface area contributed by atoms with Gasteiger partial charge in [-0.15, -0.1) is 16.4 Å². The van der Waals surface area contributed by atoms with E-state index in [0.29, 0.717) is 35.2 Å². The molecule has 2 N–H and O–H groups in total. The lowest BCUT2D eigenvalue weighted by Gasteiger charge is -2.33. The lowest BCUT2D eigenvalue weighted by Crippen LogP contribution is -2.43. The number of anilines is 1. The van der Waals surface area contributed by atoms with Crippen molar-refractivity contribution in [1.29, 1.82) is 0 Å². The van der Waals surface area contributed by atoms with E-state index in [1.54, 1.807) is 16.0 Å². The minimum Gasteiger partial charge on any atom is -0.382 e. The molecule has 2 fully saturated rings. The van der Waals surface area contributed by atoms with Crippen molar-refractivity contribution in [2.45, 2.75) is 31.4 Å². The summed E-state index contributed by atoms with van der Waals surface area (Å²) in [7, 11) is 0. The standard InChI is InChI=1S/C17H20N8OS/c1-10(12-8-24(5-6-26-12)9-13-19-4-7-27-13)25-17-14(22-23-25)15(18)20-16(21-17)11-2-3-11/h4,7,11-12H,1-3,5-6,8-9H2,(H2,18,20,21). The zero-order valence-electron chi connectivity index (χ0n) is 14.8. The van der Waals surface area contributed by atoms with Crippen molar-refractivity contribution in [2.75, 3.05) is 25.4 Å². The fourth-order valence-electron chi connectivity index (χ4n) is 3.28. The van der Waals surface area contributed by atoms with Crippen molar-refractivity contribution in [2.24, 2.45) is 0 Å². The second-order valence-electron chi connectivity index (χ2n) is 6.93. The van der Waals surface area contributed by atoms with Gasteiger partial charge in [0.15, 0.2) is 17.0 Å². The number of hydrogen-bond acceptors (Lipinski definition) is 9. The molecule has 1 aliphatic carbocycles. The molecule has 5 rings (SSSR count). The minimum atomic E-state index is -0.191. The Labute approximate surface area is 159 Å². The molecule has 140 valence electrons. The zero-order chi connectivity index (χ0) is 18.4. The van der Waals surface area contributed by atoms with Crippen molar-refractivity contribution in [1.82, 2.24) is 34.8 Å². The molecule has 10 heteroatoms. The van der Waals surface area contributed by atoms with Gasteiger partial charge in [0.05, 0.1) is 18.8 Å². The first-order chi connectivity index (χ1) is 13.2. The molecule has 3 aromatic heterocycles. The third kappa shape index (κ3) is 3.20. The summed E-state index contributed by atoms with van der Waals surface area (Å²) < 4.78 is 7.61. The Morgan fingerprint density at radius 1 is 1.37 bits per heavy atom. The molecule has 1 unspecified atom stereocenters. The number of fused-ring (bicyclic) bond motifs is 1. The first-order valence-electron chi connectivity index (χ1n) is 8.99. The van der Waals surface area contributed by atoms with E-state index >= 15 is 0 Å². The highest BCUT2D eigenvalue weighted by Gasteiger charge is 2.30. The molecule has 0 aromatic carbocycles. The monoisotopic (exact) mass is 384 g/mol. The van der Waals surface area contributed by atoms with E-state index < -0.39 is 0 Å². The van der Waals surface area contributed by atoms with Gasteiger partial charge in [0, 0.05) is 30.6 Å². The summed E-state index contributed by atoms with van der Waals surface area (Å²) in [6.45, 7) is 7.24. The molecule has 1 saturated carbocycles. The van der Waals surface area contributed by atoms with Gasteiger partial charge in [0.25, 0.3) is 0 Å². The Balaban J connectivity index is 1.40. The number of nitrogens with zero attached hydrogens (tertiary/aromatic N) is 7. The van der Waals surface area contributed by atoms with Gasteiger partial charge in [-0.25, -0.2) is 15.0 Å². The summed E-state index contributed by atoms with van der Waals surface area (Å²) in [5, 5.41) is 11.5. The van der Waals surface area contributed by atoms with Crippen molar-refractivity contribution in [3.8, 4) is 0 Å². The second kappa shape index (κ2) is 6.63. The van der Waals surface area contributed by atoms with Crippen LogP contribution in [0.1, 0.15) is 29.6 Å². The van der Waals surface area contributed by atoms with Crippen molar-refractivity contribution < 1.29 is 4.74 Å². The summed E-state index contributed by atoms with van der Waals surface area (Å²) in [6, 6.07) is 0. The number of nitrogens with two attached hydrogens (primary N) is 1. The molecule has 0 spiro atoms. The van der Waals surface area contributed by atoms with Crippen LogP contribution in [-0.2, 0) is 11.3 Å². The fourth-order valence-corrected chi connectivity index (χ4v) is 3.93. The third-order valence-electron chi connectivity index (χ3n) is 4.92. The van der Waals surface area contributed by atoms with Crippen LogP contribution in [0.4, 0.5) is 5.82 Å². The lowest BCUT2D eigenvalue weighted by atomic mass is 10.2. The largest absolute Gasteiger partial charge is 0.382 e. The molecule has 1 atom stereocenters. The highest BCUT2D eigenvalue weighted by atomic mass is 32.1. The summed E-state index contributed by atoms with van der Waals surface area (Å²) >= 11 is 1.66. The van der Waals surface area contributed by atoms with Crippen LogP contribution >= 0.6 is 11.3 Å². The lowest BCUT2D eigenvalue weighted by molar-refractivity contribution is -0.00402. The zero-order valence-corrected chi connectivity index (χ0v) is 15.6. The molecule has 1 aliphatic heterocycles. The van der Waals surface area contributed by atoms with Crippen LogP contribution < -0.4 is 5.73 Å². The number of morpholine rings is 1. The molecular formula is C17H20N8OS. The fraction of sp³-hybridized carbons (Fsp3) is 0.471. The molecule has 0 bridgehead atoms. The van der Waals surface area contributed by atoms with Gasteiger partial charge in [0.1, 0.15) is 16.9 Å². The normalized spacial score (nSPS) is 21.0. The maximum Gasteiger partial charge on any atom is 0.188 e. The predicted octanol–water partition coefficient (Wildman–Crippen LogP) is 1.51. The Hall–Kier alpha value is -2.43. The number of rotatable bonds is 5. The van der Waals surface area contributed by atoms with E-state index in [1.165, 1.54) is 0 Å². The average molecular weight is 384 g/mol. The second-order valence-corrected chi connectivity index (χ2v) is 7.91. The Morgan fingerprint density at radius 3 is 3.04 bits per heavy atom. The van der Waals surface area contributed by atoms with Crippen LogP contribution in [0.25, 0.3) is 16.9 Å². The van der Waals surface area contributed by atoms with Gasteiger partial charge >= 0.3 is 0 Å². The van der Waals surface area contributed by atoms with Gasteiger partial charge in [-0.05, 0) is 12.8 Å². The first-order valence-corrected chi connectivity index (χ1v) is 9.87. The molecule has 1 saturated heterocycles. The van der Waals surface area contributed by atoms with E-state index in [1.807, 2.05) is 11.6 Å². The number of aromatic nitrogens is 6. The highest BCUT2D eigenvalue weighted by molar-refractivity contribution is 7.09. The Kier molecular flexibility index (Phi) is 4.10. The predicted molar refractivity (Wildman–Crippen MR) is 102 cm³/mol. The van der Waals surface area contributed by atoms with Crippen LogP contribution in [0, 0.1) is 0 Å². The van der Waals surface area contributed by atoms with Crippen molar-refractivity contribution in [3.63, 3.8) is 0 Å². The van der Waals surface area contributed by atoms with E-state index in [9.17, 15) is 0 Å². The van der Waals surface area contributed by atoms with Crippen LogP contribution in [-0.4, -0.2) is 60.6 Å². The molecular weight excluding hydrogens is 364 g/mol. The average Bonchev–Trinajstić information content (AvgIpc) is 3.23. The van der Waals surface area contributed by atoms with E-state index in [-0.39, 0.29) is 6.10 Å². The van der Waals surface area contributed by atoms with Gasteiger partial charge in [-0.1, -0.05) is 11.8 Å². The van der Waals surface area contributed by atoms with E-state index in [4.69, 9.17) is 10.5 Å². The maximum atomic E-state index is 6.07. The van der Waals surface area contributed by atoms with Crippen molar-refractivity contribution >= 4 is 34.0 Å². The highest BCUT2D eigenvalue weighted by Crippen LogP contribution is 2.39. The Bertz CT molecular complexity index is 980. The first kappa shape index (κ1) is 16.7. The molecule has 0 radical (unpaired) electrons. The third-order valence-corrected chi connectivity index (χ3v) is 5.69. The van der Waals surface area contributed by atoms with E-state index in [0.717, 1.165) is 43.3 Å². The summed E-state index contributed by atoms with van der Waals surface area (Å²) in [4.78, 5) is 15.7. The molecule has 4 heterocycles. The molecule has 0 amide bonds. The van der Waals surface area contributed by atoms with Crippen LogP contribution in [0.15, 0.2) is 18.2 Å². The molecule has 9 nitrogen and oxygen atoms in total. The number of thiazole rings is 1. The van der Waals surface area contributed by atoms with Gasteiger partial charge in [-0.2, -0.15) is 4.68 Å². The smallest absolute Gasteiger partial charge is 0.188 e. The van der Waals surface area contributed by atoms with E-state index in [2.05, 4.69) is 36.7 Å². The number of ether oxygens (including phenoxy) is 1. The Morgan fingerprint density at radius 2 is 2.26 bits per heavy atom. The van der Waals surface area contributed by atoms with Gasteiger partial charge in [0.2, 0.25) is 0 Å². The number of nitrogen functional groups attached to an aromatic ring is 1. The SMILES string of the molecule is C=C(C1CN(Cc2nccs2)CCO1)n1nnc2c(N)nc(C3CC3)nc21. The van der Waals surface area contributed by atoms with Gasteiger partial charge in [-0.3, -0.25) is 4.90 Å².